The Morgan fingerprint density at radius 3 is 2.10 bits per heavy atom. The fourth-order valence-electron chi connectivity index (χ4n) is 2.54. The van der Waals surface area contributed by atoms with Crippen molar-refractivity contribution in [1.29, 1.82) is 0 Å². The molecule has 0 radical (unpaired) electrons. The molecule has 0 amide bonds. The Bertz CT molecular complexity index is 126. The third kappa shape index (κ3) is 1.07. The first-order chi connectivity index (χ1) is 4.70. The van der Waals surface area contributed by atoms with E-state index in [9.17, 15) is 0 Å². The summed E-state index contributed by atoms with van der Waals surface area (Å²) in [6.45, 7) is 5.74. The van der Waals surface area contributed by atoms with Gasteiger partial charge in [0, 0.05) is 0 Å². The van der Waals surface area contributed by atoms with Gasteiger partial charge >= 0.3 is 0 Å². The van der Waals surface area contributed by atoms with Crippen molar-refractivity contribution in [2.75, 3.05) is 6.61 Å². The van der Waals surface area contributed by atoms with E-state index in [1.165, 1.54) is 19.3 Å². The van der Waals surface area contributed by atoms with Crippen LogP contribution in [-0.2, 0) is 4.74 Å². The van der Waals surface area contributed by atoms with E-state index >= 15 is 0 Å². The van der Waals surface area contributed by atoms with Gasteiger partial charge in [0.15, 0.2) is 0 Å². The summed E-state index contributed by atoms with van der Waals surface area (Å²) in [5, 5.41) is 0. The Kier molecular flexibility index (Phi) is 1.31. The monoisotopic (exact) mass is 140 g/mol. The van der Waals surface area contributed by atoms with E-state index in [1.807, 2.05) is 0 Å². The first-order valence-corrected chi connectivity index (χ1v) is 4.34. The fraction of sp³-hybridized carbons (Fsp3) is 1.00. The molecule has 1 heterocycles. The highest BCUT2D eigenvalue weighted by Gasteiger charge is 2.48. The zero-order valence-electron chi connectivity index (χ0n) is 6.89. The van der Waals surface area contributed by atoms with Gasteiger partial charge in [-0.3, -0.25) is 0 Å². The van der Waals surface area contributed by atoms with E-state index in [-0.39, 0.29) is 0 Å². The molecule has 0 aromatic heterocycles. The van der Waals surface area contributed by atoms with Crippen LogP contribution >= 0.6 is 0 Å². The van der Waals surface area contributed by atoms with Crippen molar-refractivity contribution in [3.63, 3.8) is 0 Å². The van der Waals surface area contributed by atoms with Crippen molar-refractivity contribution in [2.45, 2.75) is 38.7 Å². The highest BCUT2D eigenvalue weighted by molar-refractivity contribution is 4.97. The summed E-state index contributed by atoms with van der Waals surface area (Å²) in [5.74, 6) is 1.79. The van der Waals surface area contributed by atoms with E-state index in [0.717, 1.165) is 18.4 Å². The van der Waals surface area contributed by atoms with Crippen LogP contribution in [0.15, 0.2) is 0 Å². The highest BCUT2D eigenvalue weighted by Crippen LogP contribution is 2.46. The lowest BCUT2D eigenvalue weighted by Gasteiger charge is -2.28. The minimum Gasteiger partial charge on any atom is -0.370 e. The van der Waals surface area contributed by atoms with E-state index in [2.05, 4.69) is 13.8 Å². The average molecular weight is 140 g/mol. The Morgan fingerprint density at radius 1 is 1.20 bits per heavy atom. The molecular weight excluding hydrogens is 124 g/mol. The molecule has 0 aromatic carbocycles. The van der Waals surface area contributed by atoms with Crippen LogP contribution in [0, 0.1) is 11.8 Å². The van der Waals surface area contributed by atoms with Gasteiger partial charge in [0.1, 0.15) is 0 Å². The Morgan fingerprint density at radius 2 is 1.70 bits per heavy atom. The minimum atomic E-state index is 0.372. The third-order valence-corrected chi connectivity index (χ3v) is 2.80. The molecule has 1 saturated heterocycles. The van der Waals surface area contributed by atoms with Crippen molar-refractivity contribution in [2.24, 2.45) is 11.8 Å². The number of epoxide rings is 1. The molecule has 1 aliphatic heterocycles. The quantitative estimate of drug-likeness (QED) is 0.470. The molecular formula is C9H16O. The van der Waals surface area contributed by atoms with Crippen LogP contribution in [-0.4, -0.2) is 12.2 Å². The Hall–Kier alpha value is -0.0400. The van der Waals surface area contributed by atoms with Crippen molar-refractivity contribution < 1.29 is 4.74 Å². The van der Waals surface area contributed by atoms with E-state index in [0.29, 0.717) is 5.60 Å². The van der Waals surface area contributed by atoms with Crippen LogP contribution in [0.4, 0.5) is 0 Å². The standard InChI is InChI=1S/C9H16O/c1-7-3-8(2)5-9(4-7)6-10-9/h7-8H,3-6H2,1-2H3/t7-,8+,9?. The lowest BCUT2D eigenvalue weighted by atomic mass is 9.77. The molecule has 0 bridgehead atoms. The molecule has 1 nitrogen and oxygen atoms in total. The first-order valence-electron chi connectivity index (χ1n) is 4.34. The zero-order valence-corrected chi connectivity index (χ0v) is 6.89. The second-order valence-corrected chi connectivity index (χ2v) is 4.33. The maximum Gasteiger partial charge on any atom is 0.0921 e. The summed E-state index contributed by atoms with van der Waals surface area (Å²) >= 11 is 0. The second-order valence-electron chi connectivity index (χ2n) is 4.33. The summed E-state index contributed by atoms with van der Waals surface area (Å²) in [6, 6.07) is 0. The molecule has 1 spiro atoms. The van der Waals surface area contributed by atoms with Crippen molar-refractivity contribution in [3.8, 4) is 0 Å². The van der Waals surface area contributed by atoms with E-state index in [1.54, 1.807) is 0 Å². The lowest BCUT2D eigenvalue weighted by molar-refractivity contribution is 0.159. The molecule has 1 aliphatic carbocycles. The SMILES string of the molecule is C[C@@H]1C[C@H](C)CC2(CO2)C1. The first kappa shape index (κ1) is 6.66. The fourth-order valence-corrected chi connectivity index (χ4v) is 2.54. The topological polar surface area (TPSA) is 12.5 Å². The summed E-state index contributed by atoms with van der Waals surface area (Å²) in [7, 11) is 0. The third-order valence-electron chi connectivity index (χ3n) is 2.80. The lowest BCUT2D eigenvalue weighted by Crippen LogP contribution is -2.26. The van der Waals surface area contributed by atoms with Crippen LogP contribution in [0.3, 0.4) is 0 Å². The molecule has 3 atom stereocenters. The molecule has 0 N–H and O–H groups in total. The summed E-state index contributed by atoms with van der Waals surface area (Å²) in [5.41, 5.74) is 0.372. The number of hydrogen-bond donors (Lipinski definition) is 0. The smallest absolute Gasteiger partial charge is 0.0921 e. The molecule has 1 heteroatoms. The molecule has 58 valence electrons. The molecule has 1 unspecified atom stereocenters. The number of ether oxygens (including phenoxy) is 1. The van der Waals surface area contributed by atoms with Gasteiger partial charge in [-0.05, 0) is 31.1 Å². The molecule has 2 aliphatic rings. The molecule has 10 heavy (non-hydrogen) atoms. The number of rotatable bonds is 0. The van der Waals surface area contributed by atoms with Gasteiger partial charge in [-0.2, -0.15) is 0 Å². The van der Waals surface area contributed by atoms with Crippen molar-refractivity contribution in [1.82, 2.24) is 0 Å². The van der Waals surface area contributed by atoms with Gasteiger partial charge in [0.25, 0.3) is 0 Å². The van der Waals surface area contributed by atoms with Gasteiger partial charge < -0.3 is 4.74 Å². The van der Waals surface area contributed by atoms with Gasteiger partial charge in [-0.25, -0.2) is 0 Å². The van der Waals surface area contributed by atoms with Crippen LogP contribution < -0.4 is 0 Å². The number of hydrogen-bond acceptors (Lipinski definition) is 1. The van der Waals surface area contributed by atoms with Crippen LogP contribution in [0.5, 0.6) is 0 Å². The predicted octanol–water partition coefficient (Wildman–Crippen LogP) is 2.21. The maximum absolute atomic E-state index is 5.48. The van der Waals surface area contributed by atoms with E-state index in [4.69, 9.17) is 4.74 Å². The molecule has 2 fully saturated rings. The van der Waals surface area contributed by atoms with Crippen LogP contribution in [0.1, 0.15) is 33.1 Å². The Balaban J connectivity index is 2.00. The Labute approximate surface area is 62.8 Å². The molecule has 0 aromatic rings. The summed E-state index contributed by atoms with van der Waals surface area (Å²) in [4.78, 5) is 0. The van der Waals surface area contributed by atoms with Crippen LogP contribution in [0.2, 0.25) is 0 Å². The minimum absolute atomic E-state index is 0.372. The zero-order chi connectivity index (χ0) is 7.19. The summed E-state index contributed by atoms with van der Waals surface area (Å²) < 4.78 is 5.48. The predicted molar refractivity (Wildman–Crippen MR) is 40.9 cm³/mol. The van der Waals surface area contributed by atoms with Crippen molar-refractivity contribution >= 4 is 0 Å². The largest absolute Gasteiger partial charge is 0.370 e. The highest BCUT2D eigenvalue weighted by atomic mass is 16.6. The molecule has 2 rings (SSSR count). The second kappa shape index (κ2) is 1.97. The van der Waals surface area contributed by atoms with Crippen LogP contribution in [0.25, 0.3) is 0 Å². The molecule has 1 saturated carbocycles. The van der Waals surface area contributed by atoms with Gasteiger partial charge in [0.2, 0.25) is 0 Å². The average Bonchev–Trinajstić information content (AvgIpc) is 2.44. The van der Waals surface area contributed by atoms with E-state index < -0.39 is 0 Å². The van der Waals surface area contributed by atoms with Gasteiger partial charge in [-0.15, -0.1) is 0 Å². The summed E-state index contributed by atoms with van der Waals surface area (Å²) in [6.07, 6.45) is 4.04. The van der Waals surface area contributed by atoms with Gasteiger partial charge in [0.05, 0.1) is 12.2 Å². The van der Waals surface area contributed by atoms with Crippen molar-refractivity contribution in [3.05, 3.63) is 0 Å². The normalized spacial score (nSPS) is 53.4. The van der Waals surface area contributed by atoms with Gasteiger partial charge in [-0.1, -0.05) is 13.8 Å². The maximum atomic E-state index is 5.48.